The zero-order chi connectivity index (χ0) is 10.7. The van der Waals surface area contributed by atoms with Gasteiger partial charge in [0.15, 0.2) is 0 Å². The Kier molecular flexibility index (Phi) is 3.90. The molecular weight excluding hydrogens is 201 g/mol. The molecule has 2 N–H and O–H groups in total. The Morgan fingerprint density at radius 2 is 2.14 bits per heavy atom. The van der Waals surface area contributed by atoms with Gasteiger partial charge in [-0.1, -0.05) is 37.9 Å². The highest BCUT2D eigenvalue weighted by Crippen LogP contribution is 2.25. The van der Waals surface area contributed by atoms with E-state index in [-0.39, 0.29) is 17.8 Å². The fourth-order valence-electron chi connectivity index (χ4n) is 1.33. The molecule has 0 amide bonds. The van der Waals surface area contributed by atoms with Gasteiger partial charge in [-0.3, -0.25) is 0 Å². The molecular formula is C11H15ClFN. The molecule has 78 valence electrons. The maximum absolute atomic E-state index is 13.4. The molecule has 1 aromatic carbocycles. The van der Waals surface area contributed by atoms with E-state index >= 15 is 0 Å². The van der Waals surface area contributed by atoms with Crippen LogP contribution in [0.25, 0.3) is 0 Å². The van der Waals surface area contributed by atoms with Crippen molar-refractivity contribution in [2.75, 3.05) is 0 Å². The Hall–Kier alpha value is -0.600. The van der Waals surface area contributed by atoms with E-state index < -0.39 is 0 Å². The van der Waals surface area contributed by atoms with E-state index in [1.54, 1.807) is 12.1 Å². The second-order valence-electron chi connectivity index (χ2n) is 3.58. The SMILES string of the molecule is CCC(C)[C@H](N)c1ccc(Cl)cc1F. The molecule has 0 radical (unpaired) electrons. The predicted molar refractivity (Wildman–Crippen MR) is 57.8 cm³/mol. The van der Waals surface area contributed by atoms with Crippen molar-refractivity contribution >= 4 is 11.6 Å². The minimum Gasteiger partial charge on any atom is -0.324 e. The summed E-state index contributed by atoms with van der Waals surface area (Å²) in [5.41, 5.74) is 6.46. The van der Waals surface area contributed by atoms with E-state index in [2.05, 4.69) is 0 Å². The van der Waals surface area contributed by atoms with Crippen LogP contribution in [-0.4, -0.2) is 0 Å². The van der Waals surface area contributed by atoms with E-state index in [4.69, 9.17) is 17.3 Å². The van der Waals surface area contributed by atoms with Gasteiger partial charge in [0.05, 0.1) is 0 Å². The van der Waals surface area contributed by atoms with Gasteiger partial charge in [0.1, 0.15) is 5.82 Å². The van der Waals surface area contributed by atoms with Gasteiger partial charge in [-0.25, -0.2) is 4.39 Å². The summed E-state index contributed by atoms with van der Waals surface area (Å²) < 4.78 is 13.4. The van der Waals surface area contributed by atoms with Crippen molar-refractivity contribution in [2.24, 2.45) is 11.7 Å². The van der Waals surface area contributed by atoms with Crippen LogP contribution in [0.3, 0.4) is 0 Å². The molecule has 1 unspecified atom stereocenters. The Morgan fingerprint density at radius 1 is 1.50 bits per heavy atom. The number of benzene rings is 1. The fraction of sp³-hybridized carbons (Fsp3) is 0.455. The lowest BCUT2D eigenvalue weighted by atomic mass is 9.93. The third-order valence-corrected chi connectivity index (χ3v) is 2.81. The molecule has 0 spiro atoms. The van der Waals surface area contributed by atoms with E-state index in [1.807, 2.05) is 13.8 Å². The van der Waals surface area contributed by atoms with Crippen molar-refractivity contribution in [1.29, 1.82) is 0 Å². The van der Waals surface area contributed by atoms with E-state index in [0.29, 0.717) is 10.6 Å². The number of rotatable bonds is 3. The first kappa shape index (κ1) is 11.5. The average Bonchev–Trinajstić information content (AvgIpc) is 2.15. The highest BCUT2D eigenvalue weighted by atomic mass is 35.5. The first-order valence-corrected chi connectivity index (χ1v) is 5.14. The number of hydrogen-bond acceptors (Lipinski definition) is 1. The highest BCUT2D eigenvalue weighted by molar-refractivity contribution is 6.30. The molecule has 0 saturated heterocycles. The van der Waals surface area contributed by atoms with Crippen LogP contribution in [0.1, 0.15) is 31.9 Å². The van der Waals surface area contributed by atoms with Crippen molar-refractivity contribution in [2.45, 2.75) is 26.3 Å². The quantitative estimate of drug-likeness (QED) is 0.820. The first-order valence-electron chi connectivity index (χ1n) is 4.76. The molecule has 14 heavy (non-hydrogen) atoms. The van der Waals surface area contributed by atoms with E-state index in [9.17, 15) is 4.39 Å². The predicted octanol–water partition coefficient (Wildman–Crippen LogP) is 3.53. The molecule has 0 aromatic heterocycles. The van der Waals surface area contributed by atoms with Gasteiger partial charge in [0, 0.05) is 16.6 Å². The molecule has 0 fully saturated rings. The molecule has 0 bridgehead atoms. The van der Waals surface area contributed by atoms with Crippen LogP contribution in [0, 0.1) is 11.7 Å². The molecule has 2 atom stereocenters. The standard InChI is InChI=1S/C11H15ClFN/c1-3-7(2)11(14)9-5-4-8(12)6-10(9)13/h4-7,11H,3,14H2,1-2H3/t7?,11-/m0/s1. The zero-order valence-electron chi connectivity index (χ0n) is 8.43. The van der Waals surface area contributed by atoms with Gasteiger partial charge in [0.25, 0.3) is 0 Å². The summed E-state index contributed by atoms with van der Waals surface area (Å²) >= 11 is 5.65. The minimum absolute atomic E-state index is 0.253. The van der Waals surface area contributed by atoms with Crippen molar-refractivity contribution in [1.82, 2.24) is 0 Å². The number of nitrogens with two attached hydrogens (primary N) is 1. The summed E-state index contributed by atoms with van der Waals surface area (Å²) in [6.45, 7) is 4.05. The first-order chi connectivity index (χ1) is 6.56. The van der Waals surface area contributed by atoms with E-state index in [0.717, 1.165) is 6.42 Å². The van der Waals surface area contributed by atoms with Crippen LogP contribution in [0.4, 0.5) is 4.39 Å². The summed E-state index contributed by atoms with van der Waals surface area (Å²) in [4.78, 5) is 0. The van der Waals surface area contributed by atoms with Gasteiger partial charge in [-0.15, -0.1) is 0 Å². The minimum atomic E-state index is -0.315. The average molecular weight is 216 g/mol. The summed E-state index contributed by atoms with van der Waals surface area (Å²) in [6.07, 6.45) is 0.934. The Balaban J connectivity index is 2.95. The Morgan fingerprint density at radius 3 is 2.64 bits per heavy atom. The maximum atomic E-state index is 13.4. The molecule has 1 aromatic rings. The molecule has 0 saturated carbocycles. The highest BCUT2D eigenvalue weighted by Gasteiger charge is 2.16. The lowest BCUT2D eigenvalue weighted by molar-refractivity contribution is 0.439. The Labute approximate surface area is 89.1 Å². The topological polar surface area (TPSA) is 26.0 Å². The monoisotopic (exact) mass is 215 g/mol. The lowest BCUT2D eigenvalue weighted by Gasteiger charge is -2.19. The van der Waals surface area contributed by atoms with Crippen molar-refractivity contribution in [3.05, 3.63) is 34.6 Å². The van der Waals surface area contributed by atoms with Crippen LogP contribution < -0.4 is 5.73 Å². The van der Waals surface area contributed by atoms with Crippen LogP contribution in [0.5, 0.6) is 0 Å². The third kappa shape index (κ3) is 2.46. The molecule has 0 aliphatic heterocycles. The smallest absolute Gasteiger partial charge is 0.129 e. The molecule has 3 heteroatoms. The van der Waals surface area contributed by atoms with Gasteiger partial charge < -0.3 is 5.73 Å². The maximum Gasteiger partial charge on any atom is 0.129 e. The lowest BCUT2D eigenvalue weighted by Crippen LogP contribution is -2.19. The molecule has 0 aliphatic carbocycles. The van der Waals surface area contributed by atoms with Gasteiger partial charge in [-0.05, 0) is 18.1 Å². The normalized spacial score (nSPS) is 15.2. The van der Waals surface area contributed by atoms with Gasteiger partial charge in [-0.2, -0.15) is 0 Å². The van der Waals surface area contributed by atoms with E-state index in [1.165, 1.54) is 6.07 Å². The molecule has 0 heterocycles. The fourth-order valence-corrected chi connectivity index (χ4v) is 1.49. The van der Waals surface area contributed by atoms with Crippen LogP contribution in [0.2, 0.25) is 5.02 Å². The van der Waals surface area contributed by atoms with Crippen molar-refractivity contribution < 1.29 is 4.39 Å². The summed E-state index contributed by atoms with van der Waals surface area (Å²) in [7, 11) is 0. The molecule has 0 aliphatic rings. The van der Waals surface area contributed by atoms with Crippen LogP contribution in [-0.2, 0) is 0 Å². The largest absolute Gasteiger partial charge is 0.324 e. The number of hydrogen-bond donors (Lipinski definition) is 1. The third-order valence-electron chi connectivity index (χ3n) is 2.58. The van der Waals surface area contributed by atoms with Crippen LogP contribution >= 0.6 is 11.6 Å². The zero-order valence-corrected chi connectivity index (χ0v) is 9.18. The summed E-state index contributed by atoms with van der Waals surface area (Å²) in [5, 5.41) is 0.405. The van der Waals surface area contributed by atoms with Crippen molar-refractivity contribution in [3.8, 4) is 0 Å². The van der Waals surface area contributed by atoms with Crippen LogP contribution in [0.15, 0.2) is 18.2 Å². The summed E-state index contributed by atoms with van der Waals surface area (Å²) in [5.74, 6) is -0.0454. The second-order valence-corrected chi connectivity index (χ2v) is 4.01. The number of halogens is 2. The van der Waals surface area contributed by atoms with Gasteiger partial charge in [0.2, 0.25) is 0 Å². The van der Waals surface area contributed by atoms with Crippen molar-refractivity contribution in [3.63, 3.8) is 0 Å². The molecule has 1 rings (SSSR count). The Bertz CT molecular complexity index is 314. The summed E-state index contributed by atoms with van der Waals surface area (Å²) in [6, 6.07) is 4.38. The second kappa shape index (κ2) is 4.76. The molecule has 1 nitrogen and oxygen atoms in total. The van der Waals surface area contributed by atoms with Gasteiger partial charge >= 0.3 is 0 Å².